The van der Waals surface area contributed by atoms with E-state index in [9.17, 15) is 18.3 Å². The molecule has 0 radical (unpaired) electrons. The Kier molecular flexibility index (Phi) is 6.28. The van der Waals surface area contributed by atoms with Crippen LogP contribution in [0.15, 0.2) is 42.7 Å². The monoisotopic (exact) mass is 403 g/mol. The topological polar surface area (TPSA) is 83.0 Å². The van der Waals surface area contributed by atoms with E-state index in [1.54, 1.807) is 30.6 Å². The first-order valence-electron chi connectivity index (χ1n) is 8.96. The van der Waals surface area contributed by atoms with Crippen LogP contribution < -0.4 is 10.6 Å². The van der Waals surface area contributed by atoms with Crippen LogP contribution in [-0.2, 0) is 0 Å². The number of halogens is 3. The van der Waals surface area contributed by atoms with Crippen LogP contribution in [0.4, 0.5) is 30.6 Å². The van der Waals surface area contributed by atoms with E-state index in [1.807, 2.05) is 13.8 Å². The quantitative estimate of drug-likeness (QED) is 0.515. The van der Waals surface area contributed by atoms with Gasteiger partial charge in [0, 0.05) is 24.0 Å². The van der Waals surface area contributed by atoms with Crippen LogP contribution in [0, 0.1) is 23.4 Å². The molecule has 152 valence electrons. The summed E-state index contributed by atoms with van der Waals surface area (Å²) in [5.41, 5.74) is 0.956. The number of aliphatic hydroxyl groups excluding tert-OH is 1. The molecule has 29 heavy (non-hydrogen) atoms. The number of hydrogen-bond acceptors (Lipinski definition) is 6. The Bertz CT molecular complexity index is 985. The van der Waals surface area contributed by atoms with Crippen molar-refractivity contribution in [2.24, 2.45) is 5.92 Å². The molecule has 3 rings (SSSR count). The van der Waals surface area contributed by atoms with Crippen LogP contribution in [-0.4, -0.2) is 32.7 Å². The smallest absolute Gasteiger partial charge is 0.225 e. The first-order valence-corrected chi connectivity index (χ1v) is 8.96. The third-order valence-corrected chi connectivity index (χ3v) is 4.32. The zero-order valence-corrected chi connectivity index (χ0v) is 15.8. The normalized spacial score (nSPS) is 12.1. The predicted octanol–water partition coefficient (Wildman–Crippen LogP) is 4.13. The lowest BCUT2D eigenvalue weighted by atomic mass is 10.1. The summed E-state index contributed by atoms with van der Waals surface area (Å²) in [7, 11) is 0. The summed E-state index contributed by atoms with van der Waals surface area (Å²) in [5.74, 6) is -3.75. The summed E-state index contributed by atoms with van der Waals surface area (Å²) < 4.78 is 40.8. The number of hydrogen-bond donors (Lipinski definition) is 3. The van der Waals surface area contributed by atoms with Crippen LogP contribution in [0.5, 0.6) is 0 Å². The molecule has 0 aliphatic carbocycles. The lowest BCUT2D eigenvalue weighted by molar-refractivity contribution is 0.248. The fourth-order valence-electron chi connectivity index (χ4n) is 2.60. The molecule has 0 saturated carbocycles. The van der Waals surface area contributed by atoms with Crippen molar-refractivity contribution in [3.8, 4) is 11.3 Å². The molecule has 9 heteroatoms. The maximum atomic E-state index is 14.1. The summed E-state index contributed by atoms with van der Waals surface area (Å²) >= 11 is 0. The fourth-order valence-corrected chi connectivity index (χ4v) is 2.60. The average molecular weight is 403 g/mol. The number of nitrogens with one attached hydrogen (secondary N) is 2. The summed E-state index contributed by atoms with van der Waals surface area (Å²) in [6.07, 6.45) is 3.19. The fraction of sp³-hybridized carbons (Fsp3) is 0.250. The maximum absolute atomic E-state index is 14.1. The van der Waals surface area contributed by atoms with Gasteiger partial charge in [-0.05, 0) is 30.2 Å². The minimum Gasteiger partial charge on any atom is -0.394 e. The zero-order chi connectivity index (χ0) is 21.0. The Hall–Kier alpha value is -3.20. The molecule has 2 aromatic heterocycles. The molecule has 6 nitrogen and oxygen atoms in total. The molecule has 2 heterocycles. The standard InChI is InChI=1S/C20H20F3N5O/c1-11(2)16(10-29)27-20-26-15(12-5-7-24-8-6-12)9-17(28-20)25-14-4-3-13(21)18(22)19(14)23/h3-9,11,16,29H,10H2,1-2H3,(H2,25,26,27,28)/t16-/m1/s1. The van der Waals surface area contributed by atoms with Gasteiger partial charge in [0.25, 0.3) is 0 Å². The summed E-state index contributed by atoms with van der Waals surface area (Å²) in [6, 6.07) is 6.62. The van der Waals surface area contributed by atoms with E-state index in [0.717, 1.165) is 17.7 Å². The van der Waals surface area contributed by atoms with Crippen molar-refractivity contribution >= 4 is 17.5 Å². The molecule has 3 aromatic rings. The highest BCUT2D eigenvalue weighted by Gasteiger charge is 2.17. The van der Waals surface area contributed by atoms with Crippen molar-refractivity contribution in [3.63, 3.8) is 0 Å². The van der Waals surface area contributed by atoms with E-state index in [-0.39, 0.29) is 36.0 Å². The van der Waals surface area contributed by atoms with Crippen molar-refractivity contribution < 1.29 is 18.3 Å². The second-order valence-corrected chi connectivity index (χ2v) is 6.72. The molecule has 0 spiro atoms. The van der Waals surface area contributed by atoms with Gasteiger partial charge < -0.3 is 15.7 Å². The Morgan fingerprint density at radius 1 is 1.00 bits per heavy atom. The van der Waals surface area contributed by atoms with Crippen molar-refractivity contribution in [2.45, 2.75) is 19.9 Å². The van der Waals surface area contributed by atoms with E-state index >= 15 is 0 Å². The first-order chi connectivity index (χ1) is 13.9. The van der Waals surface area contributed by atoms with Gasteiger partial charge in [-0.3, -0.25) is 4.98 Å². The number of benzene rings is 1. The van der Waals surface area contributed by atoms with Crippen LogP contribution in [0.25, 0.3) is 11.3 Å². The lowest BCUT2D eigenvalue weighted by Crippen LogP contribution is -2.30. The minimum absolute atomic E-state index is 0.0910. The molecule has 0 aliphatic rings. The van der Waals surface area contributed by atoms with Gasteiger partial charge >= 0.3 is 0 Å². The van der Waals surface area contributed by atoms with Crippen molar-refractivity contribution in [1.82, 2.24) is 15.0 Å². The Balaban J connectivity index is 2.01. The third kappa shape index (κ3) is 4.80. The van der Waals surface area contributed by atoms with Gasteiger partial charge in [-0.2, -0.15) is 4.98 Å². The number of pyridine rings is 1. The zero-order valence-electron chi connectivity index (χ0n) is 15.8. The molecule has 1 aromatic carbocycles. The third-order valence-electron chi connectivity index (χ3n) is 4.32. The van der Waals surface area contributed by atoms with E-state index in [1.165, 1.54) is 0 Å². The molecule has 0 fully saturated rings. The Morgan fingerprint density at radius 3 is 2.38 bits per heavy atom. The molecular formula is C20H20F3N5O. The van der Waals surface area contributed by atoms with Gasteiger partial charge in [0.15, 0.2) is 17.5 Å². The molecule has 1 atom stereocenters. The van der Waals surface area contributed by atoms with E-state index in [2.05, 4.69) is 25.6 Å². The summed E-state index contributed by atoms with van der Waals surface area (Å²) in [4.78, 5) is 12.7. The van der Waals surface area contributed by atoms with Gasteiger partial charge in [-0.25, -0.2) is 18.2 Å². The SMILES string of the molecule is CC(C)[C@@H](CO)Nc1nc(Nc2ccc(F)c(F)c2F)cc(-c2ccncc2)n1. The van der Waals surface area contributed by atoms with Gasteiger partial charge in [0.05, 0.1) is 24.0 Å². The molecule has 0 saturated heterocycles. The number of nitrogens with zero attached hydrogens (tertiary/aromatic N) is 3. The van der Waals surface area contributed by atoms with Crippen molar-refractivity contribution in [2.75, 3.05) is 17.2 Å². The van der Waals surface area contributed by atoms with E-state index in [0.29, 0.717) is 5.69 Å². The predicted molar refractivity (Wildman–Crippen MR) is 104 cm³/mol. The van der Waals surface area contributed by atoms with Gasteiger partial charge in [0.1, 0.15) is 5.82 Å². The van der Waals surface area contributed by atoms with E-state index in [4.69, 9.17) is 0 Å². The van der Waals surface area contributed by atoms with E-state index < -0.39 is 17.5 Å². The number of anilines is 3. The first kappa shape index (κ1) is 20.5. The number of aliphatic hydroxyl groups is 1. The molecule has 0 unspecified atom stereocenters. The van der Waals surface area contributed by atoms with Crippen molar-refractivity contribution in [1.29, 1.82) is 0 Å². The summed E-state index contributed by atoms with van der Waals surface area (Å²) in [6.45, 7) is 3.72. The van der Waals surface area contributed by atoms with Crippen LogP contribution in [0.2, 0.25) is 0 Å². The largest absolute Gasteiger partial charge is 0.394 e. The van der Waals surface area contributed by atoms with Crippen molar-refractivity contribution in [3.05, 3.63) is 60.2 Å². The highest BCUT2D eigenvalue weighted by Crippen LogP contribution is 2.26. The second-order valence-electron chi connectivity index (χ2n) is 6.72. The number of rotatable bonds is 7. The highest BCUT2D eigenvalue weighted by molar-refractivity contribution is 5.67. The van der Waals surface area contributed by atoms with Crippen LogP contribution >= 0.6 is 0 Å². The molecule has 0 amide bonds. The number of aromatic nitrogens is 3. The molecule has 3 N–H and O–H groups in total. The molecule has 0 bridgehead atoms. The van der Waals surface area contributed by atoms with Crippen LogP contribution in [0.1, 0.15) is 13.8 Å². The maximum Gasteiger partial charge on any atom is 0.225 e. The second kappa shape index (κ2) is 8.87. The summed E-state index contributed by atoms with van der Waals surface area (Å²) in [5, 5.41) is 15.3. The Labute approximate surface area is 165 Å². The van der Waals surface area contributed by atoms with Gasteiger partial charge in [-0.15, -0.1) is 0 Å². The average Bonchev–Trinajstić information content (AvgIpc) is 2.72. The molecular weight excluding hydrogens is 383 g/mol. The minimum atomic E-state index is -1.57. The molecule has 0 aliphatic heterocycles. The Morgan fingerprint density at radius 2 is 1.72 bits per heavy atom. The highest BCUT2D eigenvalue weighted by atomic mass is 19.2. The van der Waals surface area contributed by atoms with Gasteiger partial charge in [-0.1, -0.05) is 13.8 Å². The lowest BCUT2D eigenvalue weighted by Gasteiger charge is -2.20. The van der Waals surface area contributed by atoms with Gasteiger partial charge in [0.2, 0.25) is 5.95 Å². The van der Waals surface area contributed by atoms with Crippen LogP contribution in [0.3, 0.4) is 0 Å².